The zero-order valence-electron chi connectivity index (χ0n) is 52.6. The Kier molecular flexibility index (Phi) is 64.3. The van der Waals surface area contributed by atoms with E-state index in [1.807, 2.05) is 0 Å². The fraction of sp³-hybridized carbons (Fsp3) is 0.716. The summed E-state index contributed by atoms with van der Waals surface area (Å²) in [5.74, 6) is -0.909. The molecule has 0 fully saturated rings. The molecule has 0 rings (SSSR count). The monoisotopic (exact) mass is 1110 g/mol. The number of hydrogen-bond donors (Lipinski definition) is 0. The molecule has 0 saturated carbocycles. The van der Waals surface area contributed by atoms with Crippen molar-refractivity contribution in [3.63, 3.8) is 0 Å². The van der Waals surface area contributed by atoms with E-state index in [0.717, 1.165) is 148 Å². The summed E-state index contributed by atoms with van der Waals surface area (Å²) in [5, 5.41) is 0. The van der Waals surface area contributed by atoms with Crippen LogP contribution in [0.1, 0.15) is 323 Å². The number of hydrogen-bond acceptors (Lipinski definition) is 6. The number of unbranched alkanes of at least 4 members (excludes halogenated alkanes) is 32. The molecule has 0 aliphatic carbocycles. The first kappa shape index (κ1) is 76.1. The summed E-state index contributed by atoms with van der Waals surface area (Å²) in [5.41, 5.74) is 0. The van der Waals surface area contributed by atoms with E-state index < -0.39 is 6.10 Å². The molecular weight excluding hydrogens is 985 g/mol. The van der Waals surface area contributed by atoms with Gasteiger partial charge in [0.05, 0.1) is 0 Å². The van der Waals surface area contributed by atoms with Gasteiger partial charge in [0, 0.05) is 19.3 Å². The molecule has 1 unspecified atom stereocenters. The molecule has 0 aromatic carbocycles. The van der Waals surface area contributed by atoms with Crippen LogP contribution in [0.4, 0.5) is 0 Å². The minimum absolute atomic E-state index is 0.0900. The van der Waals surface area contributed by atoms with E-state index in [4.69, 9.17) is 14.2 Å². The second-order valence-electron chi connectivity index (χ2n) is 22.4. The van der Waals surface area contributed by atoms with Crippen LogP contribution < -0.4 is 0 Å². The number of carbonyl (C=O) groups is 3. The van der Waals surface area contributed by atoms with Gasteiger partial charge in [-0.25, -0.2) is 0 Å². The summed E-state index contributed by atoms with van der Waals surface area (Å²) < 4.78 is 16.9. The standard InChI is InChI=1S/C74H126O6/c1-4-7-10-13-16-19-22-25-28-31-33-34-35-36-37-38-39-40-42-43-46-49-52-55-58-61-64-67-73(76)79-70-71(69-78-72(75)66-63-60-57-54-51-48-45-30-27-24-21-18-15-12-9-6-3)80-74(77)68-65-62-59-56-53-50-47-44-41-32-29-26-23-20-17-14-11-8-5-2/h7,10,16,19,21,24-25,28,30,33-34,36-37,39-40,43,45-46,71H,4-6,8-9,11-15,17-18,20,22-23,26-27,29,31-32,35,38,41-42,44,47-70H2,1-3H3/b10-7-,19-16-,24-21-,28-25-,34-33-,37-36-,40-39-,45-30-,46-43-. The summed E-state index contributed by atoms with van der Waals surface area (Å²) >= 11 is 0. The molecule has 0 N–H and O–H groups in total. The third kappa shape index (κ3) is 64.9. The lowest BCUT2D eigenvalue weighted by Crippen LogP contribution is -2.30. The van der Waals surface area contributed by atoms with Gasteiger partial charge in [-0.05, 0) is 109 Å². The highest BCUT2D eigenvalue weighted by atomic mass is 16.6. The smallest absolute Gasteiger partial charge is 0.306 e. The highest BCUT2D eigenvalue weighted by Crippen LogP contribution is 2.17. The Morgan fingerprint density at radius 1 is 0.263 bits per heavy atom. The van der Waals surface area contributed by atoms with Crippen LogP contribution in [-0.4, -0.2) is 37.2 Å². The lowest BCUT2D eigenvalue weighted by molar-refractivity contribution is -0.167. The maximum absolute atomic E-state index is 12.9. The Morgan fingerprint density at radius 3 is 0.775 bits per heavy atom. The number of esters is 3. The van der Waals surface area contributed by atoms with Crippen molar-refractivity contribution in [3.8, 4) is 0 Å². The van der Waals surface area contributed by atoms with Gasteiger partial charge >= 0.3 is 17.9 Å². The van der Waals surface area contributed by atoms with Crippen LogP contribution >= 0.6 is 0 Å². The number of carbonyl (C=O) groups excluding carboxylic acids is 3. The molecule has 1 atom stereocenters. The van der Waals surface area contributed by atoms with Gasteiger partial charge < -0.3 is 14.2 Å². The van der Waals surface area contributed by atoms with E-state index in [9.17, 15) is 14.4 Å². The molecule has 0 aromatic rings. The van der Waals surface area contributed by atoms with Gasteiger partial charge in [0.1, 0.15) is 13.2 Å². The minimum Gasteiger partial charge on any atom is -0.462 e. The average molecular weight is 1110 g/mol. The van der Waals surface area contributed by atoms with Crippen LogP contribution in [0.5, 0.6) is 0 Å². The molecule has 0 amide bonds. The largest absolute Gasteiger partial charge is 0.462 e. The lowest BCUT2D eigenvalue weighted by Gasteiger charge is -2.18. The molecule has 6 nitrogen and oxygen atoms in total. The number of allylic oxidation sites excluding steroid dienone is 18. The summed E-state index contributed by atoms with van der Waals surface area (Å²) in [6.07, 6.45) is 92.4. The van der Waals surface area contributed by atoms with Crippen molar-refractivity contribution in [3.05, 3.63) is 109 Å². The number of ether oxygens (including phenoxy) is 3. The van der Waals surface area contributed by atoms with E-state index in [1.54, 1.807) is 0 Å². The average Bonchev–Trinajstić information content (AvgIpc) is 3.46. The van der Waals surface area contributed by atoms with Crippen LogP contribution in [0.25, 0.3) is 0 Å². The van der Waals surface area contributed by atoms with E-state index in [1.165, 1.54) is 135 Å². The zero-order chi connectivity index (χ0) is 57.8. The predicted molar refractivity (Wildman–Crippen MR) is 348 cm³/mol. The highest BCUT2D eigenvalue weighted by molar-refractivity contribution is 5.71. The summed E-state index contributed by atoms with van der Waals surface area (Å²) in [7, 11) is 0. The summed E-state index contributed by atoms with van der Waals surface area (Å²) in [4.78, 5) is 38.4. The van der Waals surface area contributed by atoms with Gasteiger partial charge in [-0.3, -0.25) is 14.4 Å². The Labute approximate surface area is 495 Å². The fourth-order valence-corrected chi connectivity index (χ4v) is 9.45. The molecular formula is C74H126O6. The summed E-state index contributed by atoms with van der Waals surface area (Å²) in [6, 6.07) is 0. The first-order valence-corrected chi connectivity index (χ1v) is 33.9. The van der Waals surface area contributed by atoms with Gasteiger partial charge in [0.15, 0.2) is 6.10 Å². The van der Waals surface area contributed by atoms with Gasteiger partial charge in [0.2, 0.25) is 0 Å². The third-order valence-corrected chi connectivity index (χ3v) is 14.5. The van der Waals surface area contributed by atoms with Crippen LogP contribution in [0.15, 0.2) is 109 Å². The topological polar surface area (TPSA) is 78.9 Å². The van der Waals surface area contributed by atoms with Gasteiger partial charge in [0.25, 0.3) is 0 Å². The van der Waals surface area contributed by atoms with E-state index in [-0.39, 0.29) is 31.1 Å². The Hall–Kier alpha value is -3.93. The summed E-state index contributed by atoms with van der Waals surface area (Å²) in [6.45, 7) is 6.52. The highest BCUT2D eigenvalue weighted by Gasteiger charge is 2.19. The third-order valence-electron chi connectivity index (χ3n) is 14.5. The molecule has 0 aliphatic rings. The van der Waals surface area contributed by atoms with Crippen molar-refractivity contribution in [2.24, 2.45) is 0 Å². The Bertz CT molecular complexity index is 1610. The quantitative estimate of drug-likeness (QED) is 0.0261. The van der Waals surface area contributed by atoms with Crippen molar-refractivity contribution in [1.29, 1.82) is 0 Å². The van der Waals surface area contributed by atoms with Crippen molar-refractivity contribution in [1.82, 2.24) is 0 Å². The van der Waals surface area contributed by atoms with Crippen LogP contribution in [0.2, 0.25) is 0 Å². The van der Waals surface area contributed by atoms with Crippen LogP contribution in [0.3, 0.4) is 0 Å². The maximum Gasteiger partial charge on any atom is 0.306 e. The van der Waals surface area contributed by atoms with E-state index >= 15 is 0 Å². The van der Waals surface area contributed by atoms with Crippen molar-refractivity contribution in [2.45, 2.75) is 329 Å². The van der Waals surface area contributed by atoms with Crippen LogP contribution in [-0.2, 0) is 28.6 Å². The second-order valence-corrected chi connectivity index (χ2v) is 22.4. The van der Waals surface area contributed by atoms with Crippen molar-refractivity contribution < 1.29 is 28.6 Å². The Balaban J connectivity index is 4.41. The fourth-order valence-electron chi connectivity index (χ4n) is 9.45. The number of rotatable bonds is 61. The minimum atomic E-state index is -0.794. The molecule has 0 saturated heterocycles. The zero-order valence-corrected chi connectivity index (χ0v) is 52.6. The van der Waals surface area contributed by atoms with Crippen molar-refractivity contribution in [2.75, 3.05) is 13.2 Å². The normalized spacial score (nSPS) is 12.8. The predicted octanol–water partition coefficient (Wildman–Crippen LogP) is 23.4. The molecule has 6 heteroatoms. The molecule has 80 heavy (non-hydrogen) atoms. The molecule has 0 aromatic heterocycles. The van der Waals surface area contributed by atoms with Crippen molar-refractivity contribution >= 4 is 17.9 Å². The molecule has 0 radical (unpaired) electrons. The Morgan fingerprint density at radius 2 is 0.487 bits per heavy atom. The molecule has 0 spiro atoms. The first-order valence-electron chi connectivity index (χ1n) is 33.9. The second kappa shape index (κ2) is 67.6. The van der Waals surface area contributed by atoms with Crippen LogP contribution in [0, 0.1) is 0 Å². The lowest BCUT2D eigenvalue weighted by atomic mass is 10.0. The first-order chi connectivity index (χ1) is 39.5. The van der Waals surface area contributed by atoms with E-state index in [2.05, 4.69) is 130 Å². The molecule has 0 bridgehead atoms. The van der Waals surface area contributed by atoms with Gasteiger partial charge in [-0.1, -0.05) is 304 Å². The molecule has 458 valence electrons. The van der Waals surface area contributed by atoms with Gasteiger partial charge in [-0.15, -0.1) is 0 Å². The maximum atomic E-state index is 12.9. The SMILES string of the molecule is CC/C=C\C/C=C\C/C=C\C/C=C\C/C=C\C/C=C\C/C=C\CCCCCCCC(=O)OCC(COC(=O)CCCCCCC/C=C\C/C=C\CCCCCC)OC(=O)CCCCCCCCCCCCCCCCCCCCC. The van der Waals surface area contributed by atoms with Gasteiger partial charge in [-0.2, -0.15) is 0 Å². The molecule has 0 heterocycles. The molecule has 0 aliphatic heterocycles. The van der Waals surface area contributed by atoms with E-state index in [0.29, 0.717) is 19.3 Å².